The highest BCUT2D eigenvalue weighted by Crippen LogP contribution is 1.92. The highest BCUT2D eigenvalue weighted by molar-refractivity contribution is 5.96. The smallest absolute Gasteiger partial charge is 0.311 e. The molecular formula is C8H15NO3. The summed E-state index contributed by atoms with van der Waals surface area (Å²) in [6, 6.07) is 0. The molecule has 0 aliphatic heterocycles. The molecule has 70 valence electrons. The zero-order valence-corrected chi connectivity index (χ0v) is 7.55. The summed E-state index contributed by atoms with van der Waals surface area (Å²) >= 11 is 0. The van der Waals surface area contributed by atoms with Crippen LogP contribution in [0.5, 0.6) is 0 Å². The van der Waals surface area contributed by atoms with Gasteiger partial charge in [-0.3, -0.25) is 4.79 Å². The lowest BCUT2D eigenvalue weighted by Crippen LogP contribution is -2.13. The fourth-order valence-electron chi connectivity index (χ4n) is 0.589. The van der Waals surface area contributed by atoms with Gasteiger partial charge in [0.25, 0.3) is 0 Å². The monoisotopic (exact) mass is 173 g/mol. The van der Waals surface area contributed by atoms with Gasteiger partial charge in [0, 0.05) is 12.8 Å². The molecule has 0 aliphatic carbocycles. The van der Waals surface area contributed by atoms with Gasteiger partial charge in [-0.1, -0.05) is 6.92 Å². The molecule has 0 fully saturated rings. The van der Waals surface area contributed by atoms with Crippen molar-refractivity contribution in [1.29, 1.82) is 5.41 Å². The van der Waals surface area contributed by atoms with Crippen molar-refractivity contribution in [3.8, 4) is 0 Å². The van der Waals surface area contributed by atoms with Crippen LogP contribution in [0.1, 0.15) is 19.8 Å². The van der Waals surface area contributed by atoms with Crippen LogP contribution < -0.4 is 0 Å². The SMILES string of the molecule is CCC(=N)CC(=O)OCCOC. The predicted molar refractivity (Wildman–Crippen MR) is 45.5 cm³/mol. The number of nitrogens with one attached hydrogen (secondary N) is 1. The Kier molecular flexibility index (Phi) is 6.28. The van der Waals surface area contributed by atoms with Crippen LogP contribution in [0.15, 0.2) is 0 Å². The minimum Gasteiger partial charge on any atom is -0.463 e. The van der Waals surface area contributed by atoms with Gasteiger partial charge >= 0.3 is 5.97 Å². The van der Waals surface area contributed by atoms with Gasteiger partial charge in [0.2, 0.25) is 0 Å². The molecule has 0 heterocycles. The van der Waals surface area contributed by atoms with E-state index in [1.807, 2.05) is 6.92 Å². The fraction of sp³-hybridized carbons (Fsp3) is 0.750. The van der Waals surface area contributed by atoms with Crippen molar-refractivity contribution in [3.63, 3.8) is 0 Å². The summed E-state index contributed by atoms with van der Waals surface area (Å²) in [4.78, 5) is 10.9. The van der Waals surface area contributed by atoms with Gasteiger partial charge in [-0.25, -0.2) is 0 Å². The molecule has 0 aromatic heterocycles. The Morgan fingerprint density at radius 1 is 1.42 bits per heavy atom. The molecule has 0 rings (SSSR count). The normalized spacial score (nSPS) is 9.50. The van der Waals surface area contributed by atoms with Gasteiger partial charge < -0.3 is 14.9 Å². The van der Waals surface area contributed by atoms with Gasteiger partial charge in [0.05, 0.1) is 13.0 Å². The molecule has 0 aliphatic rings. The van der Waals surface area contributed by atoms with Gasteiger partial charge in [-0.05, 0) is 6.42 Å². The number of methoxy groups -OCH3 is 1. The zero-order chi connectivity index (χ0) is 9.40. The summed E-state index contributed by atoms with van der Waals surface area (Å²) < 4.78 is 9.44. The fourth-order valence-corrected chi connectivity index (χ4v) is 0.589. The summed E-state index contributed by atoms with van der Waals surface area (Å²) in [5, 5.41) is 7.22. The standard InChI is InChI=1S/C8H15NO3/c1-3-7(9)6-8(10)12-5-4-11-2/h9H,3-6H2,1-2H3. The first-order valence-corrected chi connectivity index (χ1v) is 3.91. The van der Waals surface area contributed by atoms with E-state index in [9.17, 15) is 4.79 Å². The minimum absolute atomic E-state index is 0.0974. The maximum absolute atomic E-state index is 10.9. The third-order valence-corrected chi connectivity index (χ3v) is 1.34. The summed E-state index contributed by atoms with van der Waals surface area (Å²) in [6.45, 7) is 2.52. The molecule has 4 nitrogen and oxygen atoms in total. The van der Waals surface area contributed by atoms with Crippen molar-refractivity contribution in [2.24, 2.45) is 0 Å². The Bertz CT molecular complexity index is 156. The molecule has 0 aromatic rings. The second-order valence-corrected chi connectivity index (χ2v) is 2.35. The van der Waals surface area contributed by atoms with Gasteiger partial charge in [-0.15, -0.1) is 0 Å². The second-order valence-electron chi connectivity index (χ2n) is 2.35. The molecule has 0 saturated heterocycles. The van der Waals surface area contributed by atoms with E-state index in [0.717, 1.165) is 0 Å². The first-order chi connectivity index (χ1) is 5.70. The first-order valence-electron chi connectivity index (χ1n) is 3.91. The van der Waals surface area contributed by atoms with Gasteiger partial charge in [-0.2, -0.15) is 0 Å². The van der Waals surface area contributed by atoms with Gasteiger partial charge in [0.15, 0.2) is 0 Å². The lowest BCUT2D eigenvalue weighted by atomic mass is 10.2. The molecule has 0 unspecified atom stereocenters. The second kappa shape index (κ2) is 6.79. The molecular weight excluding hydrogens is 158 g/mol. The van der Waals surface area contributed by atoms with E-state index in [1.54, 1.807) is 7.11 Å². The highest BCUT2D eigenvalue weighted by Gasteiger charge is 2.04. The molecule has 0 bridgehead atoms. The average molecular weight is 173 g/mol. The number of hydrogen-bond acceptors (Lipinski definition) is 4. The van der Waals surface area contributed by atoms with Crippen LogP contribution in [-0.2, 0) is 14.3 Å². The van der Waals surface area contributed by atoms with Crippen LogP contribution in [0.2, 0.25) is 0 Å². The van der Waals surface area contributed by atoms with Crippen molar-refractivity contribution in [3.05, 3.63) is 0 Å². The van der Waals surface area contributed by atoms with Crippen LogP contribution in [-0.4, -0.2) is 32.0 Å². The Labute approximate surface area is 72.4 Å². The van der Waals surface area contributed by atoms with Crippen molar-refractivity contribution in [2.75, 3.05) is 20.3 Å². The van der Waals surface area contributed by atoms with Crippen LogP contribution >= 0.6 is 0 Å². The molecule has 0 atom stereocenters. The van der Waals surface area contributed by atoms with E-state index in [4.69, 9.17) is 14.9 Å². The molecule has 0 saturated carbocycles. The van der Waals surface area contributed by atoms with E-state index in [2.05, 4.69) is 0 Å². The molecule has 0 aromatic carbocycles. The first kappa shape index (κ1) is 11.1. The Morgan fingerprint density at radius 2 is 2.08 bits per heavy atom. The lowest BCUT2D eigenvalue weighted by Gasteiger charge is -2.03. The van der Waals surface area contributed by atoms with Crippen molar-refractivity contribution in [1.82, 2.24) is 0 Å². The number of esters is 1. The molecule has 0 amide bonds. The van der Waals surface area contributed by atoms with Crippen LogP contribution in [0, 0.1) is 5.41 Å². The molecule has 4 heteroatoms. The summed E-state index contributed by atoms with van der Waals surface area (Å²) in [5.41, 5.74) is 0.400. The highest BCUT2D eigenvalue weighted by atomic mass is 16.6. The summed E-state index contributed by atoms with van der Waals surface area (Å²) in [5.74, 6) is -0.348. The minimum atomic E-state index is -0.348. The van der Waals surface area contributed by atoms with E-state index >= 15 is 0 Å². The number of hydrogen-bond donors (Lipinski definition) is 1. The van der Waals surface area contributed by atoms with Crippen molar-refractivity contribution < 1.29 is 14.3 Å². The third kappa shape index (κ3) is 5.85. The number of ether oxygens (including phenoxy) is 2. The van der Waals surface area contributed by atoms with E-state index < -0.39 is 0 Å². The summed E-state index contributed by atoms with van der Waals surface area (Å²) in [6.07, 6.45) is 0.694. The molecule has 0 spiro atoms. The quantitative estimate of drug-likeness (QED) is 0.370. The Balaban J connectivity index is 3.40. The van der Waals surface area contributed by atoms with Gasteiger partial charge in [0.1, 0.15) is 6.61 Å². The lowest BCUT2D eigenvalue weighted by molar-refractivity contribution is -0.143. The molecule has 1 N–H and O–H groups in total. The maximum Gasteiger partial charge on any atom is 0.311 e. The van der Waals surface area contributed by atoms with Crippen molar-refractivity contribution in [2.45, 2.75) is 19.8 Å². The third-order valence-electron chi connectivity index (χ3n) is 1.34. The van der Waals surface area contributed by atoms with Crippen LogP contribution in [0.4, 0.5) is 0 Å². The largest absolute Gasteiger partial charge is 0.463 e. The topological polar surface area (TPSA) is 59.4 Å². The summed E-state index contributed by atoms with van der Waals surface area (Å²) in [7, 11) is 1.54. The Hall–Kier alpha value is -0.900. The predicted octanol–water partition coefficient (Wildman–Crippen LogP) is 0.996. The van der Waals surface area contributed by atoms with E-state index in [1.165, 1.54) is 0 Å². The maximum atomic E-state index is 10.9. The van der Waals surface area contributed by atoms with E-state index in [0.29, 0.717) is 18.7 Å². The molecule has 12 heavy (non-hydrogen) atoms. The number of carbonyl (C=O) groups excluding carboxylic acids is 1. The number of carbonyl (C=O) groups is 1. The van der Waals surface area contributed by atoms with Crippen LogP contribution in [0.25, 0.3) is 0 Å². The average Bonchev–Trinajstić information content (AvgIpc) is 2.05. The Morgan fingerprint density at radius 3 is 2.58 bits per heavy atom. The van der Waals surface area contributed by atoms with Crippen molar-refractivity contribution >= 4 is 11.7 Å². The number of rotatable bonds is 6. The molecule has 0 radical (unpaired) electrons. The van der Waals surface area contributed by atoms with E-state index in [-0.39, 0.29) is 19.0 Å². The zero-order valence-electron chi connectivity index (χ0n) is 7.55. The van der Waals surface area contributed by atoms with Crippen LogP contribution in [0.3, 0.4) is 0 Å².